The number of fused-ring (bicyclic) bond motifs is 3. The van der Waals surface area contributed by atoms with Crippen molar-refractivity contribution in [2.75, 3.05) is 4.90 Å². The number of hydrogen-bond donors (Lipinski definition) is 2. The summed E-state index contributed by atoms with van der Waals surface area (Å²) in [6.45, 7) is 0.336. The van der Waals surface area contributed by atoms with Crippen molar-refractivity contribution in [1.29, 1.82) is 0 Å². The average Bonchev–Trinajstić information content (AvgIpc) is 3.27. The highest BCUT2D eigenvalue weighted by Gasteiger charge is 2.74. The first-order valence-corrected chi connectivity index (χ1v) is 13.8. The maximum absolute atomic E-state index is 14.5. The lowest BCUT2D eigenvalue weighted by Gasteiger charge is -2.64. The first-order chi connectivity index (χ1) is 19.5. The molecule has 1 amide bonds. The molecule has 2 N–H and O–H groups in total. The van der Waals surface area contributed by atoms with Crippen molar-refractivity contribution < 1.29 is 19.4 Å². The fourth-order valence-electron chi connectivity index (χ4n) is 7.03. The lowest BCUT2D eigenvalue weighted by Crippen LogP contribution is -2.77. The number of ketones is 1. The zero-order valence-electron chi connectivity index (χ0n) is 21.5. The molecule has 8 rings (SSSR count). The van der Waals surface area contributed by atoms with Gasteiger partial charge in [0.15, 0.2) is 18.3 Å². The maximum atomic E-state index is 14.5. The molecule has 3 saturated heterocycles. The number of aliphatic hydroxyl groups is 1. The Morgan fingerprint density at radius 2 is 1.55 bits per heavy atom. The maximum Gasteiger partial charge on any atom is 0.235 e. The van der Waals surface area contributed by atoms with Crippen LogP contribution in [0.25, 0.3) is 0 Å². The summed E-state index contributed by atoms with van der Waals surface area (Å²) in [5.41, 5.74) is 1.11. The zero-order chi connectivity index (χ0) is 27.5. The van der Waals surface area contributed by atoms with Gasteiger partial charge in [0.1, 0.15) is 11.0 Å². The Hall–Kier alpha value is -3.97. The van der Waals surface area contributed by atoms with Gasteiger partial charge in [-0.25, -0.2) is 0 Å². The van der Waals surface area contributed by atoms with Gasteiger partial charge in [-0.2, -0.15) is 0 Å². The highest BCUT2D eigenvalue weighted by molar-refractivity contribution is 6.31. The standard InChI is InChI=1S/C33H27ClN2O4/c34-24-16-17-27-25(18-24)28(37)33(23-14-8-3-9-15-23)26-19-32(22-12-6-2-7-13-22,31(36(27)33)40-29(26)38)30(39)35-20-21-10-4-1-5-11-21/h1-18,26,29,31,38H,19-20H2,(H,35,39)/t26-,29?,31+,32+,33-/m1/s1. The summed E-state index contributed by atoms with van der Waals surface area (Å²) < 4.78 is 6.36. The Bertz CT molecular complexity index is 1600. The molecular formula is C33H27ClN2O4. The number of carbonyl (C=O) groups excluding carboxylic acids is 2. The Morgan fingerprint density at radius 3 is 2.23 bits per heavy atom. The zero-order valence-corrected chi connectivity index (χ0v) is 22.3. The average molecular weight is 551 g/mol. The smallest absolute Gasteiger partial charge is 0.235 e. The lowest BCUT2D eigenvalue weighted by molar-refractivity contribution is -0.261. The number of nitrogens with zero attached hydrogens (tertiary/aromatic N) is 1. The summed E-state index contributed by atoms with van der Waals surface area (Å²) in [5.74, 6) is -1.12. The number of carbonyl (C=O) groups is 2. The molecule has 2 bridgehead atoms. The van der Waals surface area contributed by atoms with Crippen LogP contribution in [0.2, 0.25) is 5.02 Å². The summed E-state index contributed by atoms with van der Waals surface area (Å²) in [6, 6.07) is 34.0. The van der Waals surface area contributed by atoms with Crippen LogP contribution in [0.4, 0.5) is 5.69 Å². The van der Waals surface area contributed by atoms with Gasteiger partial charge in [0.25, 0.3) is 0 Å². The number of Topliss-reactive ketones (excluding diaryl/α,β-unsaturated/α-hetero) is 1. The number of nitrogens with one attached hydrogen (secondary N) is 1. The Kier molecular flexibility index (Phi) is 5.82. The quantitative estimate of drug-likeness (QED) is 0.358. The van der Waals surface area contributed by atoms with Crippen molar-refractivity contribution in [2.45, 2.75) is 36.4 Å². The third kappa shape index (κ3) is 3.37. The molecule has 4 aromatic rings. The molecule has 0 radical (unpaired) electrons. The minimum atomic E-state index is -1.26. The molecule has 1 unspecified atom stereocenters. The molecule has 4 aliphatic rings. The van der Waals surface area contributed by atoms with E-state index in [4.69, 9.17) is 16.3 Å². The topological polar surface area (TPSA) is 78.9 Å². The third-order valence-corrected chi connectivity index (χ3v) is 8.98. The van der Waals surface area contributed by atoms with Crippen molar-refractivity contribution in [1.82, 2.24) is 5.32 Å². The van der Waals surface area contributed by atoms with Gasteiger partial charge in [-0.1, -0.05) is 103 Å². The molecule has 0 aliphatic carbocycles. The normalized spacial score (nSPS) is 28.2. The first kappa shape index (κ1) is 25.0. The van der Waals surface area contributed by atoms with Crippen LogP contribution in [-0.2, 0) is 27.0 Å². The van der Waals surface area contributed by atoms with Crippen LogP contribution in [0.1, 0.15) is 33.5 Å². The summed E-state index contributed by atoms with van der Waals surface area (Å²) >= 11 is 6.38. The molecule has 3 fully saturated rings. The van der Waals surface area contributed by atoms with E-state index in [0.717, 1.165) is 16.7 Å². The van der Waals surface area contributed by atoms with Gasteiger partial charge >= 0.3 is 0 Å². The van der Waals surface area contributed by atoms with Crippen LogP contribution in [0.15, 0.2) is 109 Å². The molecule has 7 heteroatoms. The minimum absolute atomic E-state index is 0.153. The molecule has 6 nitrogen and oxygen atoms in total. The van der Waals surface area contributed by atoms with Gasteiger partial charge in [-0.15, -0.1) is 0 Å². The van der Waals surface area contributed by atoms with E-state index < -0.39 is 29.4 Å². The molecule has 5 atom stereocenters. The summed E-state index contributed by atoms with van der Waals surface area (Å²) in [7, 11) is 0. The van der Waals surface area contributed by atoms with Crippen molar-refractivity contribution in [3.63, 3.8) is 0 Å². The minimum Gasteiger partial charge on any atom is -0.368 e. The molecule has 0 spiro atoms. The van der Waals surface area contributed by atoms with Crippen LogP contribution in [-0.4, -0.2) is 29.3 Å². The van der Waals surface area contributed by atoms with Crippen molar-refractivity contribution in [2.24, 2.45) is 5.92 Å². The fraction of sp³-hybridized carbons (Fsp3) is 0.212. The molecule has 200 valence electrons. The number of hydrogen-bond acceptors (Lipinski definition) is 5. The number of anilines is 1. The van der Waals surface area contributed by atoms with E-state index in [1.54, 1.807) is 12.1 Å². The molecule has 4 heterocycles. The summed E-state index contributed by atoms with van der Waals surface area (Å²) in [4.78, 5) is 30.9. The highest BCUT2D eigenvalue weighted by atomic mass is 35.5. The van der Waals surface area contributed by atoms with Crippen LogP contribution < -0.4 is 10.2 Å². The lowest BCUT2D eigenvalue weighted by atomic mass is 9.58. The van der Waals surface area contributed by atoms with E-state index in [0.29, 0.717) is 22.8 Å². The van der Waals surface area contributed by atoms with E-state index in [2.05, 4.69) is 5.32 Å². The van der Waals surface area contributed by atoms with Crippen molar-refractivity contribution in [3.8, 4) is 0 Å². The monoisotopic (exact) mass is 550 g/mol. The van der Waals surface area contributed by atoms with E-state index >= 15 is 0 Å². The Balaban J connectivity index is 1.44. The molecule has 0 saturated carbocycles. The Labute approximate surface area is 237 Å². The second-order valence-corrected chi connectivity index (χ2v) is 11.1. The third-order valence-electron chi connectivity index (χ3n) is 8.74. The SMILES string of the molecule is O=C(NCc1ccccc1)[C@@]1(c2ccccc2)C[C@@H]2C(O)O[C@@H]1N1c3ccc(Cl)cc3C(=O)[C@@]21c1ccccc1. The second kappa shape index (κ2) is 9.30. The number of halogens is 1. The van der Waals surface area contributed by atoms with E-state index in [-0.39, 0.29) is 18.1 Å². The largest absolute Gasteiger partial charge is 0.368 e. The first-order valence-electron chi connectivity index (χ1n) is 13.4. The Morgan fingerprint density at radius 1 is 0.925 bits per heavy atom. The van der Waals surface area contributed by atoms with Crippen LogP contribution in [0.5, 0.6) is 0 Å². The number of ether oxygens (including phenoxy) is 1. The summed E-state index contributed by atoms with van der Waals surface area (Å²) in [5, 5.41) is 15.0. The number of aliphatic hydroxyl groups excluding tert-OH is 1. The van der Waals surface area contributed by atoms with Gasteiger partial charge in [-0.3, -0.25) is 9.59 Å². The van der Waals surface area contributed by atoms with E-state index in [1.165, 1.54) is 0 Å². The van der Waals surface area contributed by atoms with Crippen molar-refractivity contribution >= 4 is 29.0 Å². The molecule has 40 heavy (non-hydrogen) atoms. The molecular weight excluding hydrogens is 524 g/mol. The number of piperidine rings is 1. The predicted octanol–water partition coefficient (Wildman–Crippen LogP) is 5.19. The van der Waals surface area contributed by atoms with Crippen LogP contribution in [0, 0.1) is 5.92 Å². The number of amides is 1. The van der Waals surface area contributed by atoms with Gasteiger partial charge in [-0.05, 0) is 41.3 Å². The predicted molar refractivity (Wildman–Crippen MR) is 152 cm³/mol. The van der Waals surface area contributed by atoms with E-state index in [9.17, 15) is 14.7 Å². The van der Waals surface area contributed by atoms with Crippen LogP contribution >= 0.6 is 11.6 Å². The van der Waals surface area contributed by atoms with Gasteiger partial charge in [0.2, 0.25) is 5.91 Å². The molecule has 4 aliphatic heterocycles. The van der Waals surface area contributed by atoms with Gasteiger partial charge < -0.3 is 20.1 Å². The molecule has 0 aromatic heterocycles. The van der Waals surface area contributed by atoms with Gasteiger partial charge in [0.05, 0.1) is 5.69 Å². The second-order valence-electron chi connectivity index (χ2n) is 10.7. The highest BCUT2D eigenvalue weighted by Crippen LogP contribution is 2.63. The molecule has 4 aromatic carbocycles. The fourth-order valence-corrected chi connectivity index (χ4v) is 7.21. The summed E-state index contributed by atoms with van der Waals surface area (Å²) in [6.07, 6.45) is -2.02. The van der Waals surface area contributed by atoms with Crippen LogP contribution in [0.3, 0.4) is 0 Å². The number of rotatable bonds is 5. The number of benzene rings is 4. The van der Waals surface area contributed by atoms with E-state index in [1.807, 2.05) is 102 Å². The van der Waals surface area contributed by atoms with Gasteiger partial charge in [0, 0.05) is 23.0 Å². The van der Waals surface area contributed by atoms with Crippen molar-refractivity contribution in [3.05, 3.63) is 136 Å².